The van der Waals surface area contributed by atoms with E-state index in [0.29, 0.717) is 12.1 Å². The molecule has 0 heterocycles. The number of nitrogens with one attached hydrogen (secondary N) is 1. The second-order valence-electron chi connectivity index (χ2n) is 5.27. The van der Waals surface area contributed by atoms with Crippen molar-refractivity contribution >= 4 is 0 Å². The molecule has 2 aromatic rings. The van der Waals surface area contributed by atoms with E-state index in [9.17, 15) is 4.39 Å². The van der Waals surface area contributed by atoms with Gasteiger partial charge in [0.25, 0.3) is 0 Å². The van der Waals surface area contributed by atoms with Gasteiger partial charge in [-0.1, -0.05) is 49.4 Å². The first-order chi connectivity index (χ1) is 9.69. The molecule has 2 atom stereocenters. The van der Waals surface area contributed by atoms with Crippen LogP contribution < -0.4 is 5.32 Å². The van der Waals surface area contributed by atoms with E-state index in [-0.39, 0.29) is 5.82 Å². The number of hydrogen-bond acceptors (Lipinski definition) is 1. The molecule has 20 heavy (non-hydrogen) atoms. The fourth-order valence-corrected chi connectivity index (χ4v) is 2.55. The summed E-state index contributed by atoms with van der Waals surface area (Å²) in [6.45, 7) is 4.33. The molecule has 2 rings (SSSR count). The van der Waals surface area contributed by atoms with E-state index in [0.717, 1.165) is 18.4 Å². The molecule has 0 spiro atoms. The third-order valence-electron chi connectivity index (χ3n) is 3.53. The first-order valence-corrected chi connectivity index (χ1v) is 7.24. The average molecular weight is 271 g/mol. The van der Waals surface area contributed by atoms with Gasteiger partial charge in [-0.3, -0.25) is 0 Å². The Morgan fingerprint density at radius 1 is 1.05 bits per heavy atom. The van der Waals surface area contributed by atoms with Crippen molar-refractivity contribution in [2.45, 2.75) is 38.8 Å². The molecular weight excluding hydrogens is 249 g/mol. The second-order valence-corrected chi connectivity index (χ2v) is 5.27. The Morgan fingerprint density at radius 2 is 1.80 bits per heavy atom. The predicted molar refractivity (Wildman–Crippen MR) is 82.2 cm³/mol. The van der Waals surface area contributed by atoms with Crippen molar-refractivity contribution in [2.24, 2.45) is 0 Å². The third kappa shape index (κ3) is 4.17. The van der Waals surface area contributed by atoms with Crippen molar-refractivity contribution in [3.8, 4) is 0 Å². The van der Waals surface area contributed by atoms with E-state index in [1.807, 2.05) is 12.1 Å². The van der Waals surface area contributed by atoms with Gasteiger partial charge in [-0.2, -0.15) is 0 Å². The number of halogens is 1. The molecular formula is C18H22FN. The zero-order valence-electron chi connectivity index (χ0n) is 12.1. The summed E-state index contributed by atoms with van der Waals surface area (Å²) in [5.74, 6) is -0.162. The molecule has 1 N–H and O–H groups in total. The molecule has 0 aliphatic heterocycles. The Bertz CT molecular complexity index is 524. The van der Waals surface area contributed by atoms with E-state index < -0.39 is 0 Å². The van der Waals surface area contributed by atoms with Gasteiger partial charge in [-0.15, -0.1) is 0 Å². The van der Waals surface area contributed by atoms with Crippen LogP contribution in [0, 0.1) is 5.82 Å². The Balaban J connectivity index is 1.97. The van der Waals surface area contributed by atoms with E-state index in [1.54, 1.807) is 12.1 Å². The standard InChI is InChI=1S/C18H22FN/c1-3-18(16-9-5-4-6-10-16)20-14(2)12-15-8-7-11-17(19)13-15/h4-11,13-14,18,20H,3,12H2,1-2H3. The molecule has 0 radical (unpaired) electrons. The molecule has 0 aliphatic rings. The molecule has 0 saturated heterocycles. The Labute approximate surface area is 120 Å². The zero-order chi connectivity index (χ0) is 14.4. The van der Waals surface area contributed by atoms with Crippen molar-refractivity contribution in [1.29, 1.82) is 0 Å². The van der Waals surface area contributed by atoms with Crippen molar-refractivity contribution in [2.75, 3.05) is 0 Å². The van der Waals surface area contributed by atoms with E-state index >= 15 is 0 Å². The van der Waals surface area contributed by atoms with E-state index in [1.165, 1.54) is 11.6 Å². The second kappa shape index (κ2) is 7.20. The highest BCUT2D eigenvalue weighted by Crippen LogP contribution is 2.17. The molecule has 0 aliphatic carbocycles. The molecule has 2 unspecified atom stereocenters. The smallest absolute Gasteiger partial charge is 0.123 e. The van der Waals surface area contributed by atoms with Crippen molar-refractivity contribution < 1.29 is 4.39 Å². The lowest BCUT2D eigenvalue weighted by Gasteiger charge is -2.23. The molecule has 2 heteroatoms. The minimum Gasteiger partial charge on any atom is -0.307 e. The minimum atomic E-state index is -0.162. The fourth-order valence-electron chi connectivity index (χ4n) is 2.55. The van der Waals surface area contributed by atoms with E-state index in [2.05, 4.69) is 43.4 Å². The summed E-state index contributed by atoms with van der Waals surface area (Å²) < 4.78 is 13.2. The zero-order valence-corrected chi connectivity index (χ0v) is 12.1. The summed E-state index contributed by atoms with van der Waals surface area (Å²) in [5.41, 5.74) is 2.34. The van der Waals surface area contributed by atoms with Gasteiger partial charge >= 0.3 is 0 Å². The van der Waals surface area contributed by atoms with Crippen LogP contribution in [-0.2, 0) is 6.42 Å². The monoisotopic (exact) mass is 271 g/mol. The maximum absolute atomic E-state index is 13.2. The molecule has 0 bridgehead atoms. The van der Waals surface area contributed by atoms with Crippen molar-refractivity contribution in [1.82, 2.24) is 5.32 Å². The lowest BCUT2D eigenvalue weighted by Crippen LogP contribution is -2.31. The van der Waals surface area contributed by atoms with Crippen LogP contribution in [0.2, 0.25) is 0 Å². The van der Waals surface area contributed by atoms with Gasteiger partial charge in [0.05, 0.1) is 0 Å². The van der Waals surface area contributed by atoms with Gasteiger partial charge in [0.15, 0.2) is 0 Å². The maximum atomic E-state index is 13.2. The minimum absolute atomic E-state index is 0.162. The molecule has 0 saturated carbocycles. The SMILES string of the molecule is CCC(NC(C)Cc1cccc(F)c1)c1ccccc1. The quantitative estimate of drug-likeness (QED) is 0.815. The third-order valence-corrected chi connectivity index (χ3v) is 3.53. The number of benzene rings is 2. The van der Waals surface area contributed by atoms with E-state index in [4.69, 9.17) is 0 Å². The van der Waals surface area contributed by atoms with Crippen LogP contribution in [0.15, 0.2) is 54.6 Å². The number of hydrogen-bond donors (Lipinski definition) is 1. The highest BCUT2D eigenvalue weighted by molar-refractivity contribution is 5.20. The molecule has 0 fully saturated rings. The van der Waals surface area contributed by atoms with Crippen LogP contribution >= 0.6 is 0 Å². The lowest BCUT2D eigenvalue weighted by atomic mass is 10.0. The Morgan fingerprint density at radius 3 is 2.45 bits per heavy atom. The molecule has 106 valence electrons. The Hall–Kier alpha value is -1.67. The average Bonchev–Trinajstić information content (AvgIpc) is 2.45. The number of rotatable bonds is 6. The van der Waals surface area contributed by atoms with Gasteiger partial charge in [0, 0.05) is 12.1 Å². The first kappa shape index (κ1) is 14.7. The molecule has 0 amide bonds. The van der Waals surface area contributed by atoms with Crippen LogP contribution in [0.25, 0.3) is 0 Å². The molecule has 2 aromatic carbocycles. The van der Waals surface area contributed by atoms with Gasteiger partial charge < -0.3 is 5.32 Å². The molecule has 1 nitrogen and oxygen atoms in total. The highest BCUT2D eigenvalue weighted by atomic mass is 19.1. The van der Waals surface area contributed by atoms with Crippen molar-refractivity contribution in [3.63, 3.8) is 0 Å². The fraction of sp³-hybridized carbons (Fsp3) is 0.333. The summed E-state index contributed by atoms with van der Waals surface area (Å²) in [7, 11) is 0. The summed E-state index contributed by atoms with van der Waals surface area (Å²) in [5, 5.41) is 3.63. The van der Waals surface area contributed by atoms with Gasteiger partial charge in [0.2, 0.25) is 0 Å². The summed E-state index contributed by atoms with van der Waals surface area (Å²) in [6, 6.07) is 18.0. The van der Waals surface area contributed by atoms with Gasteiger partial charge in [-0.05, 0) is 43.0 Å². The van der Waals surface area contributed by atoms with Crippen LogP contribution in [0.4, 0.5) is 4.39 Å². The summed E-state index contributed by atoms with van der Waals surface area (Å²) >= 11 is 0. The summed E-state index contributed by atoms with van der Waals surface area (Å²) in [4.78, 5) is 0. The lowest BCUT2D eigenvalue weighted by molar-refractivity contribution is 0.443. The maximum Gasteiger partial charge on any atom is 0.123 e. The molecule has 0 aromatic heterocycles. The van der Waals surface area contributed by atoms with Gasteiger partial charge in [-0.25, -0.2) is 4.39 Å². The Kier molecular flexibility index (Phi) is 5.31. The van der Waals surface area contributed by atoms with Gasteiger partial charge in [0.1, 0.15) is 5.82 Å². The largest absolute Gasteiger partial charge is 0.307 e. The van der Waals surface area contributed by atoms with Crippen molar-refractivity contribution in [3.05, 3.63) is 71.5 Å². The van der Waals surface area contributed by atoms with Crippen LogP contribution in [-0.4, -0.2) is 6.04 Å². The normalized spacial score (nSPS) is 13.9. The summed E-state index contributed by atoms with van der Waals surface area (Å²) in [6.07, 6.45) is 1.87. The van der Waals surface area contributed by atoms with Crippen LogP contribution in [0.1, 0.15) is 37.4 Å². The predicted octanol–water partition coefficient (Wildman–Crippen LogP) is 4.50. The highest BCUT2D eigenvalue weighted by Gasteiger charge is 2.12. The first-order valence-electron chi connectivity index (χ1n) is 7.24. The van der Waals surface area contributed by atoms with Crippen LogP contribution in [0.5, 0.6) is 0 Å². The topological polar surface area (TPSA) is 12.0 Å². The van der Waals surface area contributed by atoms with Crippen LogP contribution in [0.3, 0.4) is 0 Å².